The summed E-state index contributed by atoms with van der Waals surface area (Å²) in [7, 11) is 4.77. The zero-order chi connectivity index (χ0) is 20.4. The number of nitrogens with zero attached hydrogens (tertiary/aromatic N) is 1. The first-order valence-corrected chi connectivity index (χ1v) is 9.45. The SMILES string of the molecule is COc1ccc(C[C@H]2C(=O)N(c3ccccc3)c3ccccc32)c(OC)c1OC. The van der Waals surface area contributed by atoms with E-state index in [2.05, 4.69) is 0 Å². The van der Waals surface area contributed by atoms with Gasteiger partial charge in [0.15, 0.2) is 11.5 Å². The van der Waals surface area contributed by atoms with Crippen LogP contribution in [0.5, 0.6) is 17.2 Å². The summed E-state index contributed by atoms with van der Waals surface area (Å²) < 4.78 is 16.5. The van der Waals surface area contributed by atoms with Crippen molar-refractivity contribution in [1.82, 2.24) is 0 Å². The molecule has 4 rings (SSSR count). The van der Waals surface area contributed by atoms with E-state index in [0.29, 0.717) is 23.7 Å². The minimum Gasteiger partial charge on any atom is -0.493 e. The molecule has 0 saturated carbocycles. The Bertz CT molecular complexity index is 1030. The van der Waals surface area contributed by atoms with Gasteiger partial charge in [-0.25, -0.2) is 0 Å². The largest absolute Gasteiger partial charge is 0.493 e. The summed E-state index contributed by atoms with van der Waals surface area (Å²) in [6.45, 7) is 0. The van der Waals surface area contributed by atoms with Gasteiger partial charge < -0.3 is 14.2 Å². The monoisotopic (exact) mass is 389 g/mol. The molecule has 0 aliphatic carbocycles. The molecule has 3 aromatic carbocycles. The zero-order valence-electron chi connectivity index (χ0n) is 16.7. The lowest BCUT2D eigenvalue weighted by Gasteiger charge is -2.19. The van der Waals surface area contributed by atoms with E-state index in [1.54, 1.807) is 26.2 Å². The highest BCUT2D eigenvalue weighted by Crippen LogP contribution is 2.46. The molecule has 0 aromatic heterocycles. The van der Waals surface area contributed by atoms with E-state index >= 15 is 0 Å². The number of rotatable bonds is 6. The van der Waals surface area contributed by atoms with E-state index in [4.69, 9.17) is 14.2 Å². The molecule has 1 heterocycles. The van der Waals surface area contributed by atoms with Crippen LogP contribution in [0.4, 0.5) is 11.4 Å². The van der Waals surface area contributed by atoms with E-state index in [-0.39, 0.29) is 11.8 Å². The Labute approximate surface area is 170 Å². The average molecular weight is 389 g/mol. The summed E-state index contributed by atoms with van der Waals surface area (Å²) in [5, 5.41) is 0. The summed E-state index contributed by atoms with van der Waals surface area (Å²) in [4.78, 5) is 15.3. The van der Waals surface area contributed by atoms with E-state index < -0.39 is 0 Å². The van der Waals surface area contributed by atoms with Gasteiger partial charge in [0.05, 0.1) is 32.9 Å². The predicted octanol–water partition coefficient (Wildman–Crippen LogP) is 4.72. The van der Waals surface area contributed by atoms with Crippen molar-refractivity contribution in [2.24, 2.45) is 0 Å². The van der Waals surface area contributed by atoms with Gasteiger partial charge in [-0.2, -0.15) is 0 Å². The van der Waals surface area contributed by atoms with Gasteiger partial charge in [-0.05, 0) is 41.8 Å². The first-order chi connectivity index (χ1) is 14.2. The molecule has 0 spiro atoms. The maximum atomic E-state index is 13.5. The van der Waals surface area contributed by atoms with Crippen LogP contribution in [0.1, 0.15) is 17.0 Å². The highest BCUT2D eigenvalue weighted by molar-refractivity contribution is 6.10. The standard InChI is InChI=1S/C24H23NO4/c1-27-21-14-13-16(22(28-2)23(21)29-3)15-19-18-11-7-8-12-20(18)25(24(19)26)17-9-5-4-6-10-17/h4-14,19H,15H2,1-3H3/t19-/m1/s1. The molecule has 29 heavy (non-hydrogen) atoms. The lowest BCUT2D eigenvalue weighted by Crippen LogP contribution is -2.24. The van der Waals surface area contributed by atoms with Crippen LogP contribution in [0.3, 0.4) is 0 Å². The van der Waals surface area contributed by atoms with Crippen molar-refractivity contribution in [3.8, 4) is 17.2 Å². The summed E-state index contributed by atoms with van der Waals surface area (Å²) in [6, 6.07) is 21.5. The molecule has 0 fully saturated rings. The molecule has 0 saturated heterocycles. The van der Waals surface area contributed by atoms with Crippen molar-refractivity contribution in [2.75, 3.05) is 26.2 Å². The fraction of sp³-hybridized carbons (Fsp3) is 0.208. The van der Waals surface area contributed by atoms with Gasteiger partial charge in [-0.15, -0.1) is 0 Å². The van der Waals surface area contributed by atoms with Gasteiger partial charge in [0, 0.05) is 5.69 Å². The molecule has 1 aliphatic heterocycles. The zero-order valence-corrected chi connectivity index (χ0v) is 16.7. The Balaban J connectivity index is 1.76. The normalized spacial score (nSPS) is 15.2. The Kier molecular flexibility index (Phi) is 5.12. The fourth-order valence-electron chi connectivity index (χ4n) is 3.98. The van der Waals surface area contributed by atoms with E-state index in [1.807, 2.05) is 66.7 Å². The van der Waals surface area contributed by atoms with Crippen molar-refractivity contribution in [3.63, 3.8) is 0 Å². The molecule has 0 bridgehead atoms. The Morgan fingerprint density at radius 2 is 1.48 bits per heavy atom. The van der Waals surface area contributed by atoms with Gasteiger partial charge in [0.2, 0.25) is 11.7 Å². The Hall–Kier alpha value is -3.47. The minimum absolute atomic E-state index is 0.0502. The second kappa shape index (κ2) is 7.87. The first-order valence-electron chi connectivity index (χ1n) is 9.45. The van der Waals surface area contributed by atoms with Crippen molar-refractivity contribution in [1.29, 1.82) is 0 Å². The van der Waals surface area contributed by atoms with Crippen LogP contribution in [0, 0.1) is 0 Å². The third kappa shape index (κ3) is 3.18. The number of ether oxygens (including phenoxy) is 3. The van der Waals surface area contributed by atoms with Crippen LogP contribution in [-0.2, 0) is 11.2 Å². The topological polar surface area (TPSA) is 48.0 Å². The number of fused-ring (bicyclic) bond motifs is 1. The first kappa shape index (κ1) is 18.9. The average Bonchev–Trinajstić information content (AvgIpc) is 3.05. The second-order valence-corrected chi connectivity index (χ2v) is 6.82. The highest BCUT2D eigenvalue weighted by atomic mass is 16.5. The van der Waals surface area contributed by atoms with Gasteiger partial charge in [0.25, 0.3) is 0 Å². The third-order valence-electron chi connectivity index (χ3n) is 5.30. The smallest absolute Gasteiger partial charge is 0.239 e. The maximum Gasteiger partial charge on any atom is 0.239 e. The van der Waals surface area contributed by atoms with Gasteiger partial charge in [-0.1, -0.05) is 42.5 Å². The molecule has 0 radical (unpaired) electrons. The van der Waals surface area contributed by atoms with E-state index in [9.17, 15) is 4.79 Å². The molecule has 0 unspecified atom stereocenters. The molecule has 1 aliphatic rings. The quantitative estimate of drug-likeness (QED) is 0.612. The molecule has 148 valence electrons. The van der Waals surface area contributed by atoms with Gasteiger partial charge in [-0.3, -0.25) is 9.69 Å². The molecule has 3 aromatic rings. The maximum absolute atomic E-state index is 13.5. The van der Waals surface area contributed by atoms with Crippen molar-refractivity contribution in [2.45, 2.75) is 12.3 Å². The number of benzene rings is 3. The van der Waals surface area contributed by atoms with Crippen molar-refractivity contribution >= 4 is 17.3 Å². The van der Waals surface area contributed by atoms with Crippen LogP contribution in [0.25, 0.3) is 0 Å². The Morgan fingerprint density at radius 3 is 2.17 bits per heavy atom. The predicted molar refractivity (Wildman–Crippen MR) is 113 cm³/mol. The number of para-hydroxylation sites is 2. The molecule has 5 heteroatoms. The van der Waals surface area contributed by atoms with E-state index in [1.165, 1.54) is 0 Å². The molecular weight excluding hydrogens is 366 g/mol. The molecule has 1 atom stereocenters. The third-order valence-corrected chi connectivity index (χ3v) is 5.30. The molecule has 1 amide bonds. The summed E-state index contributed by atoms with van der Waals surface area (Å²) in [5.41, 5.74) is 3.70. The lowest BCUT2D eigenvalue weighted by atomic mass is 9.92. The summed E-state index contributed by atoms with van der Waals surface area (Å²) >= 11 is 0. The van der Waals surface area contributed by atoms with Gasteiger partial charge >= 0.3 is 0 Å². The summed E-state index contributed by atoms with van der Waals surface area (Å²) in [5.74, 6) is 1.46. The van der Waals surface area contributed by atoms with Crippen LogP contribution in [0.15, 0.2) is 66.7 Å². The lowest BCUT2D eigenvalue weighted by molar-refractivity contribution is -0.118. The van der Waals surface area contributed by atoms with Crippen LogP contribution < -0.4 is 19.1 Å². The van der Waals surface area contributed by atoms with Crippen LogP contribution >= 0.6 is 0 Å². The van der Waals surface area contributed by atoms with Crippen LogP contribution in [-0.4, -0.2) is 27.2 Å². The molecule has 0 N–H and O–H groups in total. The Morgan fingerprint density at radius 1 is 0.793 bits per heavy atom. The van der Waals surface area contributed by atoms with Crippen LogP contribution in [0.2, 0.25) is 0 Å². The molecular formula is C24H23NO4. The number of methoxy groups -OCH3 is 3. The van der Waals surface area contributed by atoms with Gasteiger partial charge in [0.1, 0.15) is 0 Å². The van der Waals surface area contributed by atoms with Crippen molar-refractivity contribution in [3.05, 3.63) is 77.9 Å². The fourth-order valence-corrected chi connectivity index (χ4v) is 3.98. The minimum atomic E-state index is -0.307. The number of amides is 1. The summed E-state index contributed by atoms with van der Waals surface area (Å²) in [6.07, 6.45) is 0.503. The number of hydrogen-bond donors (Lipinski definition) is 0. The van der Waals surface area contributed by atoms with Crippen molar-refractivity contribution < 1.29 is 19.0 Å². The second-order valence-electron chi connectivity index (χ2n) is 6.82. The molecule has 5 nitrogen and oxygen atoms in total. The number of carbonyl (C=O) groups is 1. The highest BCUT2D eigenvalue weighted by Gasteiger charge is 2.38. The number of anilines is 2. The number of carbonyl (C=O) groups excluding carboxylic acids is 1. The number of hydrogen-bond acceptors (Lipinski definition) is 4. The van der Waals surface area contributed by atoms with E-state index in [0.717, 1.165) is 22.5 Å².